The summed E-state index contributed by atoms with van der Waals surface area (Å²) in [6.45, 7) is 12.9. The van der Waals surface area contributed by atoms with E-state index in [0.717, 1.165) is 43.2 Å². The molecule has 0 aliphatic carbocycles. The van der Waals surface area contributed by atoms with Gasteiger partial charge in [-0.2, -0.15) is 0 Å². The summed E-state index contributed by atoms with van der Waals surface area (Å²) in [5.41, 5.74) is 0.956. The molecule has 0 aromatic heterocycles. The third-order valence-electron chi connectivity index (χ3n) is 6.87. The summed E-state index contributed by atoms with van der Waals surface area (Å²) in [7, 11) is 0. The molecule has 182 valence electrons. The van der Waals surface area contributed by atoms with Gasteiger partial charge in [-0.05, 0) is 40.9 Å². The number of unbranched alkanes of at least 4 members (excludes halogenated alkanes) is 8. The maximum Gasteiger partial charge on any atom is 0.336 e. The summed E-state index contributed by atoms with van der Waals surface area (Å²) < 4.78 is 0. The van der Waals surface area contributed by atoms with E-state index in [2.05, 4.69) is 41.5 Å². The fraction of sp³-hybridized carbons (Fsp3) is 0.714. The van der Waals surface area contributed by atoms with Crippen LogP contribution in [-0.4, -0.2) is 22.2 Å². The van der Waals surface area contributed by atoms with E-state index in [1.807, 2.05) is 6.07 Å². The Labute approximate surface area is 195 Å². The number of carboxylic acids is 2. The number of carbonyl (C=O) groups is 2. The fourth-order valence-electron chi connectivity index (χ4n) is 4.87. The zero-order chi connectivity index (χ0) is 24.4. The summed E-state index contributed by atoms with van der Waals surface area (Å²) in [4.78, 5) is 24.3. The monoisotopic (exact) mass is 446 g/mol. The highest BCUT2D eigenvalue weighted by Gasteiger charge is 2.36. The third kappa shape index (κ3) is 7.94. The number of rotatable bonds is 16. The summed E-state index contributed by atoms with van der Waals surface area (Å²) in [6.07, 6.45) is 13.5. The molecule has 0 unspecified atom stereocenters. The van der Waals surface area contributed by atoms with Crippen molar-refractivity contribution in [2.75, 3.05) is 0 Å². The molecule has 0 fully saturated rings. The maximum absolute atomic E-state index is 12.4. The number of carboxylic acid groups (broad SMARTS) is 2. The molecular weight excluding hydrogens is 400 g/mol. The molecule has 1 rings (SSSR count). The lowest BCUT2D eigenvalue weighted by Crippen LogP contribution is -2.30. The fourth-order valence-corrected chi connectivity index (χ4v) is 4.87. The van der Waals surface area contributed by atoms with E-state index in [1.165, 1.54) is 51.0 Å². The second kappa shape index (κ2) is 13.0. The minimum Gasteiger partial charge on any atom is -0.478 e. The largest absolute Gasteiger partial charge is 0.478 e. The van der Waals surface area contributed by atoms with Crippen LogP contribution in [0, 0.1) is 0 Å². The predicted octanol–water partition coefficient (Wildman–Crippen LogP) is 8.36. The van der Waals surface area contributed by atoms with Crippen LogP contribution in [0.5, 0.6) is 0 Å². The molecule has 0 amide bonds. The first-order chi connectivity index (χ1) is 15.0. The van der Waals surface area contributed by atoms with Crippen molar-refractivity contribution in [3.05, 3.63) is 34.4 Å². The van der Waals surface area contributed by atoms with E-state index >= 15 is 0 Å². The van der Waals surface area contributed by atoms with Crippen molar-refractivity contribution < 1.29 is 19.8 Å². The second-order valence-corrected chi connectivity index (χ2v) is 10.6. The van der Waals surface area contributed by atoms with Crippen molar-refractivity contribution in [3.8, 4) is 0 Å². The van der Waals surface area contributed by atoms with Gasteiger partial charge in [0, 0.05) is 0 Å². The Kier molecular flexibility index (Phi) is 11.5. The molecule has 0 aliphatic rings. The van der Waals surface area contributed by atoms with E-state index in [9.17, 15) is 19.8 Å². The molecule has 32 heavy (non-hydrogen) atoms. The Morgan fingerprint density at radius 2 is 1.16 bits per heavy atom. The highest BCUT2D eigenvalue weighted by molar-refractivity contribution is 6.03. The van der Waals surface area contributed by atoms with E-state index in [4.69, 9.17) is 0 Å². The van der Waals surface area contributed by atoms with Crippen molar-refractivity contribution in [2.45, 2.75) is 129 Å². The van der Waals surface area contributed by atoms with Gasteiger partial charge in [-0.3, -0.25) is 0 Å². The first-order valence-electron chi connectivity index (χ1n) is 12.6. The number of hydrogen-bond acceptors (Lipinski definition) is 2. The third-order valence-corrected chi connectivity index (χ3v) is 6.87. The minimum absolute atomic E-state index is 0.0207. The topological polar surface area (TPSA) is 74.6 Å². The molecule has 0 spiro atoms. The van der Waals surface area contributed by atoms with Gasteiger partial charge in [-0.25, -0.2) is 9.59 Å². The van der Waals surface area contributed by atoms with E-state index in [1.54, 1.807) is 0 Å². The van der Waals surface area contributed by atoms with E-state index in [-0.39, 0.29) is 16.5 Å². The predicted molar refractivity (Wildman–Crippen MR) is 133 cm³/mol. The molecular formula is C28H46O4. The van der Waals surface area contributed by atoms with Crippen molar-refractivity contribution in [3.63, 3.8) is 0 Å². The van der Waals surface area contributed by atoms with Crippen LogP contribution in [-0.2, 0) is 10.8 Å². The highest BCUT2D eigenvalue weighted by Crippen LogP contribution is 2.42. The average molecular weight is 447 g/mol. The van der Waals surface area contributed by atoms with Crippen LogP contribution in [0.3, 0.4) is 0 Å². The lowest BCUT2D eigenvalue weighted by Gasteiger charge is -2.36. The Morgan fingerprint density at radius 1 is 0.688 bits per heavy atom. The first-order valence-corrected chi connectivity index (χ1v) is 12.6. The van der Waals surface area contributed by atoms with Crippen molar-refractivity contribution >= 4 is 11.9 Å². The summed E-state index contributed by atoms with van der Waals surface area (Å²) >= 11 is 0. The van der Waals surface area contributed by atoms with Crippen LogP contribution >= 0.6 is 0 Å². The van der Waals surface area contributed by atoms with Gasteiger partial charge in [0.15, 0.2) is 0 Å². The molecule has 0 saturated heterocycles. The SMILES string of the molecule is CCCCCCCC(C)(C)c1ccc(C(=O)O)c(C(=O)O)c1C(C)(C)CCCCCCC. The summed E-state index contributed by atoms with van der Waals surface area (Å²) in [6, 6.07) is 3.39. The van der Waals surface area contributed by atoms with Crippen LogP contribution in [0.1, 0.15) is 150 Å². The van der Waals surface area contributed by atoms with Crippen LogP contribution in [0.25, 0.3) is 0 Å². The standard InChI is InChI=1S/C28H46O4/c1-7-9-11-13-15-19-27(3,4)22-18-17-21(25(29)30)23(26(31)32)24(22)28(5,6)20-16-14-12-10-8-2/h17-18H,7-16,19-20H2,1-6H3,(H,29,30)(H,31,32). The molecule has 0 saturated carbocycles. The lowest BCUT2D eigenvalue weighted by atomic mass is 9.67. The van der Waals surface area contributed by atoms with Crippen molar-refractivity contribution in [2.24, 2.45) is 0 Å². The van der Waals surface area contributed by atoms with Crippen molar-refractivity contribution in [1.82, 2.24) is 0 Å². The van der Waals surface area contributed by atoms with Gasteiger partial charge >= 0.3 is 11.9 Å². The summed E-state index contributed by atoms with van der Waals surface area (Å²) in [5, 5.41) is 19.8. The zero-order valence-corrected chi connectivity index (χ0v) is 21.4. The Morgan fingerprint density at radius 3 is 1.59 bits per heavy atom. The normalized spacial score (nSPS) is 12.2. The molecule has 0 atom stereocenters. The van der Waals surface area contributed by atoms with Crippen LogP contribution in [0.2, 0.25) is 0 Å². The zero-order valence-electron chi connectivity index (χ0n) is 21.4. The van der Waals surface area contributed by atoms with Gasteiger partial charge in [0.1, 0.15) is 0 Å². The van der Waals surface area contributed by atoms with Gasteiger partial charge in [0.2, 0.25) is 0 Å². The maximum atomic E-state index is 12.4. The Bertz CT molecular complexity index is 746. The van der Waals surface area contributed by atoms with E-state index < -0.39 is 17.4 Å². The molecule has 0 heterocycles. The molecule has 1 aromatic rings. The number of aromatic carboxylic acids is 2. The molecule has 0 aliphatic heterocycles. The van der Waals surface area contributed by atoms with Crippen molar-refractivity contribution in [1.29, 1.82) is 0 Å². The highest BCUT2D eigenvalue weighted by atomic mass is 16.4. The van der Waals surface area contributed by atoms with Gasteiger partial charge in [-0.15, -0.1) is 0 Å². The summed E-state index contributed by atoms with van der Waals surface area (Å²) in [5.74, 6) is -2.32. The smallest absolute Gasteiger partial charge is 0.336 e. The van der Waals surface area contributed by atoms with Crippen LogP contribution < -0.4 is 0 Å². The van der Waals surface area contributed by atoms with E-state index in [0.29, 0.717) is 0 Å². The minimum atomic E-state index is -1.17. The van der Waals surface area contributed by atoms with Crippen LogP contribution in [0.15, 0.2) is 12.1 Å². The quantitative estimate of drug-likeness (QED) is 0.250. The van der Waals surface area contributed by atoms with Gasteiger partial charge in [-0.1, -0.05) is 112 Å². The average Bonchev–Trinajstić information content (AvgIpc) is 2.72. The molecule has 4 heteroatoms. The molecule has 4 nitrogen and oxygen atoms in total. The number of hydrogen-bond donors (Lipinski definition) is 2. The van der Waals surface area contributed by atoms with Crippen LogP contribution in [0.4, 0.5) is 0 Å². The lowest BCUT2D eigenvalue weighted by molar-refractivity contribution is 0.0648. The first kappa shape index (κ1) is 28.2. The second-order valence-electron chi connectivity index (χ2n) is 10.6. The molecule has 2 N–H and O–H groups in total. The Balaban J connectivity index is 3.39. The number of benzene rings is 1. The molecule has 1 aromatic carbocycles. The molecule has 0 radical (unpaired) electrons. The van der Waals surface area contributed by atoms with Gasteiger partial charge < -0.3 is 10.2 Å². The van der Waals surface area contributed by atoms with Gasteiger partial charge in [0.05, 0.1) is 11.1 Å². The molecule has 0 bridgehead atoms. The van der Waals surface area contributed by atoms with Gasteiger partial charge in [0.25, 0.3) is 0 Å². The Hall–Kier alpha value is -1.84.